The molecule has 1 aliphatic heterocycles. The zero-order valence-electron chi connectivity index (χ0n) is 13.7. The zero-order valence-corrected chi connectivity index (χ0v) is 13.7. The summed E-state index contributed by atoms with van der Waals surface area (Å²) >= 11 is 0. The van der Waals surface area contributed by atoms with Crippen molar-refractivity contribution >= 4 is 23.2 Å². The van der Waals surface area contributed by atoms with Crippen LogP contribution in [0.25, 0.3) is 0 Å². The number of hydrogen-bond acceptors (Lipinski definition) is 2. The van der Waals surface area contributed by atoms with Crippen molar-refractivity contribution in [3.8, 4) is 0 Å². The predicted octanol–water partition coefficient (Wildman–Crippen LogP) is 3.43. The number of para-hydroxylation sites is 1. The highest BCUT2D eigenvalue weighted by Crippen LogP contribution is 2.27. The molecule has 3 rings (SSSR count). The van der Waals surface area contributed by atoms with Gasteiger partial charge in [0, 0.05) is 24.3 Å². The molecule has 1 aliphatic rings. The van der Waals surface area contributed by atoms with E-state index in [2.05, 4.69) is 5.32 Å². The molecule has 2 aromatic rings. The van der Waals surface area contributed by atoms with E-state index in [0.717, 1.165) is 16.8 Å². The monoisotopic (exact) mass is 326 g/mol. The van der Waals surface area contributed by atoms with Gasteiger partial charge in [-0.15, -0.1) is 0 Å². The minimum Gasteiger partial charge on any atom is -0.325 e. The van der Waals surface area contributed by atoms with Crippen molar-refractivity contribution in [2.24, 2.45) is 5.92 Å². The Kier molecular flexibility index (Phi) is 4.34. The van der Waals surface area contributed by atoms with Gasteiger partial charge in [0.25, 0.3) is 0 Å². The van der Waals surface area contributed by atoms with Gasteiger partial charge in [-0.1, -0.05) is 18.2 Å². The second-order valence-electron chi connectivity index (χ2n) is 6.14. The van der Waals surface area contributed by atoms with Crippen LogP contribution < -0.4 is 10.2 Å². The van der Waals surface area contributed by atoms with Gasteiger partial charge in [-0.05, 0) is 49.2 Å². The van der Waals surface area contributed by atoms with Crippen molar-refractivity contribution in [1.29, 1.82) is 0 Å². The molecule has 0 aliphatic carbocycles. The third-order valence-corrected chi connectivity index (χ3v) is 4.36. The van der Waals surface area contributed by atoms with Crippen LogP contribution in [-0.2, 0) is 9.59 Å². The maximum Gasteiger partial charge on any atom is 0.229 e. The fourth-order valence-electron chi connectivity index (χ4n) is 2.99. The van der Waals surface area contributed by atoms with E-state index >= 15 is 0 Å². The molecule has 0 radical (unpaired) electrons. The summed E-state index contributed by atoms with van der Waals surface area (Å²) in [6.45, 7) is 4.18. The van der Waals surface area contributed by atoms with Crippen LogP contribution in [0.2, 0.25) is 0 Å². The first-order valence-electron chi connectivity index (χ1n) is 7.88. The van der Waals surface area contributed by atoms with Crippen LogP contribution in [-0.4, -0.2) is 18.4 Å². The number of benzene rings is 2. The van der Waals surface area contributed by atoms with E-state index in [9.17, 15) is 14.0 Å². The Balaban J connectivity index is 1.73. The van der Waals surface area contributed by atoms with Crippen LogP contribution in [0.3, 0.4) is 0 Å². The van der Waals surface area contributed by atoms with Gasteiger partial charge in [0.15, 0.2) is 0 Å². The van der Waals surface area contributed by atoms with Crippen molar-refractivity contribution in [3.63, 3.8) is 0 Å². The highest BCUT2D eigenvalue weighted by molar-refractivity contribution is 6.03. The van der Waals surface area contributed by atoms with Gasteiger partial charge < -0.3 is 10.2 Å². The first kappa shape index (κ1) is 16.2. The van der Waals surface area contributed by atoms with E-state index in [4.69, 9.17) is 0 Å². The van der Waals surface area contributed by atoms with Crippen LogP contribution in [0.1, 0.15) is 17.5 Å². The molecule has 1 saturated heterocycles. The molecular formula is C19H19FN2O2. The van der Waals surface area contributed by atoms with Crippen molar-refractivity contribution in [2.75, 3.05) is 16.8 Å². The molecular weight excluding hydrogens is 307 g/mol. The topological polar surface area (TPSA) is 49.4 Å². The number of anilines is 2. The van der Waals surface area contributed by atoms with E-state index in [0.29, 0.717) is 12.2 Å². The molecule has 5 heteroatoms. The van der Waals surface area contributed by atoms with Gasteiger partial charge in [-0.2, -0.15) is 0 Å². The number of hydrogen-bond donors (Lipinski definition) is 1. The van der Waals surface area contributed by atoms with Crippen molar-refractivity contribution < 1.29 is 14.0 Å². The molecule has 4 nitrogen and oxygen atoms in total. The Bertz CT molecular complexity index is 766. The number of aryl methyl sites for hydroxylation is 2. The number of nitrogens with one attached hydrogen (secondary N) is 1. The van der Waals surface area contributed by atoms with Gasteiger partial charge in [0.1, 0.15) is 5.82 Å². The van der Waals surface area contributed by atoms with E-state index in [-0.39, 0.29) is 24.1 Å². The summed E-state index contributed by atoms with van der Waals surface area (Å²) in [5.41, 5.74) is 3.39. The lowest BCUT2D eigenvalue weighted by molar-refractivity contribution is -0.122. The number of carbonyl (C=O) groups excluding carboxylic acids is 2. The standard InChI is InChI=1S/C19H19FN2O2/c1-12-4-3-5-13(2)18(12)21-19(24)14-10-17(23)22(11-14)16-8-6-15(20)7-9-16/h3-9,14H,10-11H2,1-2H3,(H,21,24)/t14-/m1/s1. The van der Waals surface area contributed by atoms with Gasteiger partial charge >= 0.3 is 0 Å². The molecule has 2 aromatic carbocycles. The molecule has 1 N–H and O–H groups in total. The van der Waals surface area contributed by atoms with Gasteiger partial charge in [0.2, 0.25) is 11.8 Å². The second-order valence-corrected chi connectivity index (χ2v) is 6.14. The number of carbonyl (C=O) groups is 2. The summed E-state index contributed by atoms with van der Waals surface area (Å²) < 4.78 is 13.0. The van der Waals surface area contributed by atoms with Crippen molar-refractivity contribution in [2.45, 2.75) is 20.3 Å². The molecule has 0 spiro atoms. The molecule has 0 unspecified atom stereocenters. The fourth-order valence-corrected chi connectivity index (χ4v) is 2.99. The number of nitrogens with zero attached hydrogens (tertiary/aromatic N) is 1. The average Bonchev–Trinajstić information content (AvgIpc) is 2.94. The summed E-state index contributed by atoms with van der Waals surface area (Å²) in [5.74, 6) is -1.05. The van der Waals surface area contributed by atoms with Gasteiger partial charge in [-0.3, -0.25) is 9.59 Å². The fraction of sp³-hybridized carbons (Fsp3) is 0.263. The number of amides is 2. The highest BCUT2D eigenvalue weighted by atomic mass is 19.1. The maximum absolute atomic E-state index is 13.0. The van der Waals surface area contributed by atoms with E-state index in [1.165, 1.54) is 17.0 Å². The molecule has 1 atom stereocenters. The molecule has 1 heterocycles. The third-order valence-electron chi connectivity index (χ3n) is 4.36. The molecule has 0 saturated carbocycles. The molecule has 0 bridgehead atoms. The van der Waals surface area contributed by atoms with Crippen LogP contribution in [0, 0.1) is 25.6 Å². The third kappa shape index (κ3) is 3.15. The highest BCUT2D eigenvalue weighted by Gasteiger charge is 2.35. The molecule has 1 fully saturated rings. The first-order valence-corrected chi connectivity index (χ1v) is 7.88. The molecule has 24 heavy (non-hydrogen) atoms. The normalized spacial score (nSPS) is 17.2. The van der Waals surface area contributed by atoms with E-state index < -0.39 is 5.92 Å². The Morgan fingerprint density at radius 3 is 2.38 bits per heavy atom. The Morgan fingerprint density at radius 2 is 1.75 bits per heavy atom. The van der Waals surface area contributed by atoms with Crippen molar-refractivity contribution in [3.05, 3.63) is 59.4 Å². The first-order chi connectivity index (χ1) is 11.5. The van der Waals surface area contributed by atoms with Crippen molar-refractivity contribution in [1.82, 2.24) is 0 Å². The van der Waals surface area contributed by atoms with E-state index in [1.807, 2.05) is 32.0 Å². The van der Waals surface area contributed by atoms with Gasteiger partial charge in [-0.25, -0.2) is 4.39 Å². The lowest BCUT2D eigenvalue weighted by atomic mass is 10.1. The molecule has 0 aromatic heterocycles. The smallest absolute Gasteiger partial charge is 0.229 e. The Hall–Kier alpha value is -2.69. The number of halogens is 1. The van der Waals surface area contributed by atoms with Crippen LogP contribution in [0.15, 0.2) is 42.5 Å². The Morgan fingerprint density at radius 1 is 1.12 bits per heavy atom. The summed E-state index contributed by atoms with van der Waals surface area (Å²) in [6.07, 6.45) is 0.161. The average molecular weight is 326 g/mol. The maximum atomic E-state index is 13.0. The van der Waals surface area contributed by atoms with E-state index in [1.54, 1.807) is 12.1 Å². The summed E-state index contributed by atoms with van der Waals surface area (Å²) in [7, 11) is 0. The summed E-state index contributed by atoms with van der Waals surface area (Å²) in [4.78, 5) is 26.3. The number of rotatable bonds is 3. The minimum atomic E-state index is -0.415. The van der Waals surface area contributed by atoms with Crippen LogP contribution >= 0.6 is 0 Å². The quantitative estimate of drug-likeness (QED) is 0.939. The van der Waals surface area contributed by atoms with Gasteiger partial charge in [0.05, 0.1) is 5.92 Å². The zero-order chi connectivity index (χ0) is 17.3. The second kappa shape index (κ2) is 6.43. The SMILES string of the molecule is Cc1cccc(C)c1NC(=O)[C@@H]1CC(=O)N(c2ccc(F)cc2)C1. The minimum absolute atomic E-state index is 0.122. The lowest BCUT2D eigenvalue weighted by Crippen LogP contribution is -2.28. The molecule has 2 amide bonds. The largest absolute Gasteiger partial charge is 0.325 e. The van der Waals surface area contributed by atoms with Crippen LogP contribution in [0.5, 0.6) is 0 Å². The van der Waals surface area contributed by atoms with Crippen LogP contribution in [0.4, 0.5) is 15.8 Å². The lowest BCUT2D eigenvalue weighted by Gasteiger charge is -2.17. The summed E-state index contributed by atoms with van der Waals surface area (Å²) in [5, 5.41) is 2.94. The predicted molar refractivity (Wildman–Crippen MR) is 91.4 cm³/mol. The molecule has 124 valence electrons. The Labute approximate surface area is 140 Å². The summed E-state index contributed by atoms with van der Waals surface area (Å²) in [6, 6.07) is 11.5.